The summed E-state index contributed by atoms with van der Waals surface area (Å²) in [6, 6.07) is 1.94. The second-order valence-electron chi connectivity index (χ2n) is 3.93. The summed E-state index contributed by atoms with van der Waals surface area (Å²) in [5.74, 6) is 0.975. The van der Waals surface area contributed by atoms with E-state index in [1.165, 1.54) is 17.8 Å². The van der Waals surface area contributed by atoms with Gasteiger partial charge in [0, 0.05) is 13.0 Å². The minimum atomic E-state index is 0.159. The molecule has 0 fully saturated rings. The fourth-order valence-corrected chi connectivity index (χ4v) is 2.92. The number of rotatable bonds is 0. The molecule has 0 saturated heterocycles. The van der Waals surface area contributed by atoms with Crippen LogP contribution in [0.25, 0.3) is 10.2 Å². The van der Waals surface area contributed by atoms with Crippen LogP contribution in [0, 0.1) is 0 Å². The van der Waals surface area contributed by atoms with Crippen LogP contribution in [0.3, 0.4) is 0 Å². The van der Waals surface area contributed by atoms with E-state index >= 15 is 0 Å². The molecule has 2 aromatic heterocycles. The maximum absolute atomic E-state index is 12.1. The van der Waals surface area contributed by atoms with Crippen molar-refractivity contribution in [2.24, 2.45) is 0 Å². The summed E-state index contributed by atoms with van der Waals surface area (Å²) in [6.07, 6.45) is 4.41. The number of aromatic nitrogens is 2. The van der Waals surface area contributed by atoms with E-state index in [0.717, 1.165) is 41.8 Å². The molecule has 0 aromatic carbocycles. The smallest absolute Gasteiger partial charge is 0.271 e. The molecule has 3 nitrogen and oxygen atoms in total. The number of aryl methyl sites for hydroxylation is 1. The van der Waals surface area contributed by atoms with E-state index in [2.05, 4.69) is 4.98 Å². The van der Waals surface area contributed by atoms with Crippen LogP contribution in [0.4, 0.5) is 0 Å². The van der Waals surface area contributed by atoms with Gasteiger partial charge >= 0.3 is 0 Å². The quantitative estimate of drug-likeness (QED) is 0.682. The zero-order valence-corrected chi connectivity index (χ0v) is 9.22. The molecule has 0 N–H and O–H groups in total. The Morgan fingerprint density at radius 1 is 1.33 bits per heavy atom. The van der Waals surface area contributed by atoms with Crippen molar-refractivity contribution in [3.05, 3.63) is 27.6 Å². The van der Waals surface area contributed by atoms with Crippen LogP contribution in [0.15, 0.2) is 16.2 Å². The van der Waals surface area contributed by atoms with Crippen LogP contribution in [-0.4, -0.2) is 9.55 Å². The number of hydrogen-bond donors (Lipinski definition) is 0. The monoisotopic (exact) mass is 220 g/mol. The van der Waals surface area contributed by atoms with Crippen LogP contribution in [0.5, 0.6) is 0 Å². The fourth-order valence-electron chi connectivity index (χ4n) is 2.14. The van der Waals surface area contributed by atoms with Crippen molar-refractivity contribution in [3.8, 4) is 0 Å². The van der Waals surface area contributed by atoms with Gasteiger partial charge < -0.3 is 0 Å². The molecule has 15 heavy (non-hydrogen) atoms. The Kier molecular flexibility index (Phi) is 2.09. The van der Waals surface area contributed by atoms with Gasteiger partial charge in [0.25, 0.3) is 5.56 Å². The molecule has 1 aliphatic rings. The lowest BCUT2D eigenvalue weighted by atomic mass is 10.2. The largest absolute Gasteiger partial charge is 0.295 e. The number of fused-ring (bicyclic) bond motifs is 2. The van der Waals surface area contributed by atoms with Crippen molar-refractivity contribution >= 4 is 21.6 Å². The third-order valence-corrected chi connectivity index (χ3v) is 3.82. The number of thiophene rings is 1. The first kappa shape index (κ1) is 9.09. The van der Waals surface area contributed by atoms with Gasteiger partial charge in [-0.1, -0.05) is 6.42 Å². The van der Waals surface area contributed by atoms with Gasteiger partial charge in [0.2, 0.25) is 0 Å². The average Bonchev–Trinajstić information content (AvgIpc) is 2.56. The highest BCUT2D eigenvalue weighted by Gasteiger charge is 2.13. The molecule has 0 spiro atoms. The van der Waals surface area contributed by atoms with Crippen LogP contribution < -0.4 is 5.56 Å². The van der Waals surface area contributed by atoms with E-state index in [1.54, 1.807) is 0 Å². The average molecular weight is 220 g/mol. The van der Waals surface area contributed by atoms with Crippen LogP contribution in [-0.2, 0) is 13.0 Å². The van der Waals surface area contributed by atoms with Crippen molar-refractivity contribution in [2.45, 2.75) is 32.2 Å². The van der Waals surface area contributed by atoms with Gasteiger partial charge in [-0.05, 0) is 24.3 Å². The molecule has 0 radical (unpaired) electrons. The molecule has 2 aromatic rings. The summed E-state index contributed by atoms with van der Waals surface area (Å²) in [4.78, 5) is 16.7. The van der Waals surface area contributed by atoms with E-state index in [-0.39, 0.29) is 5.56 Å². The van der Waals surface area contributed by atoms with Gasteiger partial charge in [-0.2, -0.15) is 0 Å². The molecule has 0 amide bonds. The van der Waals surface area contributed by atoms with Crippen molar-refractivity contribution in [2.75, 3.05) is 0 Å². The van der Waals surface area contributed by atoms with Gasteiger partial charge in [0.1, 0.15) is 10.5 Å². The van der Waals surface area contributed by atoms with Gasteiger partial charge in [0.05, 0.1) is 5.52 Å². The molecular formula is C11H12N2OS. The predicted octanol–water partition coefficient (Wildman–Crippen LogP) is 2.18. The normalized spacial score (nSPS) is 16.3. The maximum atomic E-state index is 12.1. The van der Waals surface area contributed by atoms with Crippen molar-refractivity contribution in [1.82, 2.24) is 9.55 Å². The summed E-state index contributed by atoms with van der Waals surface area (Å²) >= 11 is 1.50. The summed E-state index contributed by atoms with van der Waals surface area (Å²) < 4.78 is 2.67. The van der Waals surface area contributed by atoms with E-state index in [4.69, 9.17) is 0 Å². The first-order valence-corrected chi connectivity index (χ1v) is 6.21. The molecule has 3 heterocycles. The number of nitrogens with zero attached hydrogens (tertiary/aromatic N) is 2. The molecule has 78 valence electrons. The minimum absolute atomic E-state index is 0.159. The van der Waals surface area contributed by atoms with Crippen molar-refractivity contribution in [1.29, 1.82) is 0 Å². The molecule has 3 rings (SSSR count). The standard InChI is InChI=1S/C11H12N2OS/c14-11-10-8(5-7-15-10)12-9-4-2-1-3-6-13(9)11/h5,7H,1-4,6H2. The summed E-state index contributed by atoms with van der Waals surface area (Å²) in [7, 11) is 0. The van der Waals surface area contributed by atoms with E-state index in [0.29, 0.717) is 0 Å². The van der Waals surface area contributed by atoms with Gasteiger partial charge in [-0.15, -0.1) is 11.3 Å². The van der Waals surface area contributed by atoms with E-state index < -0.39 is 0 Å². The maximum Gasteiger partial charge on any atom is 0.271 e. The molecule has 4 heteroatoms. The van der Waals surface area contributed by atoms with E-state index in [9.17, 15) is 4.79 Å². The Morgan fingerprint density at radius 2 is 2.27 bits per heavy atom. The third-order valence-electron chi connectivity index (χ3n) is 2.93. The predicted molar refractivity (Wildman–Crippen MR) is 61.4 cm³/mol. The summed E-state index contributed by atoms with van der Waals surface area (Å²) in [6.45, 7) is 0.842. The lowest BCUT2D eigenvalue weighted by Crippen LogP contribution is -2.23. The van der Waals surface area contributed by atoms with Crippen molar-refractivity contribution in [3.63, 3.8) is 0 Å². The molecular weight excluding hydrogens is 208 g/mol. The SMILES string of the molecule is O=c1c2sccc2nc2n1CCCCC2. The number of hydrogen-bond acceptors (Lipinski definition) is 3. The second kappa shape index (κ2) is 3.45. The zero-order chi connectivity index (χ0) is 10.3. The van der Waals surface area contributed by atoms with E-state index in [1.807, 2.05) is 16.0 Å². The molecule has 0 atom stereocenters. The molecule has 0 bridgehead atoms. The lowest BCUT2D eigenvalue weighted by Gasteiger charge is -2.07. The van der Waals surface area contributed by atoms with Crippen LogP contribution >= 0.6 is 11.3 Å². The molecule has 0 aliphatic carbocycles. The Bertz CT molecular complexity index is 555. The van der Waals surface area contributed by atoms with Gasteiger partial charge in [-0.25, -0.2) is 4.98 Å². The first-order chi connectivity index (χ1) is 7.36. The minimum Gasteiger partial charge on any atom is -0.295 e. The second-order valence-corrected chi connectivity index (χ2v) is 4.85. The highest BCUT2D eigenvalue weighted by Crippen LogP contribution is 2.18. The molecule has 1 aliphatic heterocycles. The summed E-state index contributed by atoms with van der Waals surface area (Å²) in [5.41, 5.74) is 1.03. The summed E-state index contributed by atoms with van der Waals surface area (Å²) in [5, 5.41) is 1.94. The van der Waals surface area contributed by atoms with Gasteiger partial charge in [0.15, 0.2) is 0 Å². The molecule has 0 saturated carbocycles. The van der Waals surface area contributed by atoms with Gasteiger partial charge in [-0.3, -0.25) is 9.36 Å². The Hall–Kier alpha value is -1.16. The molecule has 0 unspecified atom stereocenters. The fraction of sp³-hybridized carbons (Fsp3) is 0.455. The highest BCUT2D eigenvalue weighted by molar-refractivity contribution is 7.17. The topological polar surface area (TPSA) is 34.9 Å². The Balaban J connectivity index is 2.33. The van der Waals surface area contributed by atoms with Crippen molar-refractivity contribution < 1.29 is 0 Å². The highest BCUT2D eigenvalue weighted by atomic mass is 32.1. The zero-order valence-electron chi connectivity index (χ0n) is 8.40. The lowest BCUT2D eigenvalue weighted by molar-refractivity contribution is 0.614. The Labute approximate surface area is 91.4 Å². The Morgan fingerprint density at radius 3 is 3.20 bits per heavy atom. The van der Waals surface area contributed by atoms with Crippen LogP contribution in [0.2, 0.25) is 0 Å². The van der Waals surface area contributed by atoms with Crippen LogP contribution in [0.1, 0.15) is 25.1 Å². The first-order valence-electron chi connectivity index (χ1n) is 5.33. The third kappa shape index (κ3) is 1.40.